The summed E-state index contributed by atoms with van der Waals surface area (Å²) in [6.45, 7) is 7.29. The van der Waals surface area contributed by atoms with Crippen molar-refractivity contribution in [3.8, 4) is 0 Å². The lowest BCUT2D eigenvalue weighted by Gasteiger charge is -2.22. The van der Waals surface area contributed by atoms with Gasteiger partial charge in [-0.05, 0) is 19.8 Å². The van der Waals surface area contributed by atoms with E-state index in [1.165, 1.54) is 12.8 Å². The van der Waals surface area contributed by atoms with E-state index in [4.69, 9.17) is 4.42 Å². The molecule has 1 aromatic rings. The summed E-state index contributed by atoms with van der Waals surface area (Å²) >= 11 is 0. The van der Waals surface area contributed by atoms with Gasteiger partial charge in [-0.3, -0.25) is 4.79 Å². The number of anilines is 1. The van der Waals surface area contributed by atoms with Gasteiger partial charge in [-0.25, -0.2) is 0 Å². The maximum Gasteiger partial charge on any atom is 0.229 e. The second-order valence-electron chi connectivity index (χ2n) is 5.17. The minimum absolute atomic E-state index is 0.00379. The van der Waals surface area contributed by atoms with Crippen LogP contribution in [0.5, 0.6) is 0 Å². The van der Waals surface area contributed by atoms with Crippen LogP contribution >= 0.6 is 0 Å². The third kappa shape index (κ3) is 2.93. The largest absolute Gasteiger partial charge is 0.470 e. The number of carbonyl (C=O) groups is 1. The van der Waals surface area contributed by atoms with Crippen LogP contribution < -0.4 is 10.2 Å². The van der Waals surface area contributed by atoms with E-state index in [-0.39, 0.29) is 11.8 Å². The van der Waals surface area contributed by atoms with Crippen LogP contribution in [0.15, 0.2) is 16.9 Å². The smallest absolute Gasteiger partial charge is 0.229 e. The van der Waals surface area contributed by atoms with Crippen LogP contribution in [0, 0.1) is 5.92 Å². The van der Waals surface area contributed by atoms with Crippen molar-refractivity contribution < 1.29 is 9.21 Å². The molecule has 0 aliphatic heterocycles. The molecule has 1 saturated carbocycles. The van der Waals surface area contributed by atoms with Gasteiger partial charge in [0.1, 0.15) is 6.26 Å². The standard InChI is InChI=1S/C14H22N2O2/c1-4-16(14(17)10(2)3)13-9-18-8-11(13)7-15-12-5-6-12/h8-10,12,15H,4-7H2,1-3H3. The van der Waals surface area contributed by atoms with E-state index >= 15 is 0 Å². The van der Waals surface area contributed by atoms with Gasteiger partial charge in [-0.15, -0.1) is 0 Å². The molecule has 4 heteroatoms. The number of hydrogen-bond donors (Lipinski definition) is 1. The van der Waals surface area contributed by atoms with Gasteiger partial charge in [0.25, 0.3) is 0 Å². The van der Waals surface area contributed by atoms with Crippen molar-refractivity contribution in [3.63, 3.8) is 0 Å². The Kier molecular flexibility index (Phi) is 4.07. The molecular formula is C14H22N2O2. The normalized spacial score (nSPS) is 15.1. The number of hydrogen-bond acceptors (Lipinski definition) is 3. The van der Waals surface area contributed by atoms with E-state index < -0.39 is 0 Å². The van der Waals surface area contributed by atoms with Crippen LogP contribution in [-0.4, -0.2) is 18.5 Å². The summed E-state index contributed by atoms with van der Waals surface area (Å²) in [5, 5.41) is 3.45. The molecular weight excluding hydrogens is 228 g/mol. The molecule has 18 heavy (non-hydrogen) atoms. The van der Waals surface area contributed by atoms with Gasteiger partial charge >= 0.3 is 0 Å². The van der Waals surface area contributed by atoms with Crippen molar-refractivity contribution in [3.05, 3.63) is 18.1 Å². The summed E-state index contributed by atoms with van der Waals surface area (Å²) in [4.78, 5) is 13.9. The maximum atomic E-state index is 12.1. The Morgan fingerprint density at radius 3 is 2.78 bits per heavy atom. The van der Waals surface area contributed by atoms with Crippen LogP contribution in [-0.2, 0) is 11.3 Å². The molecule has 1 fully saturated rings. The number of nitrogens with one attached hydrogen (secondary N) is 1. The van der Waals surface area contributed by atoms with Crippen LogP contribution in [0.2, 0.25) is 0 Å². The first-order valence-corrected chi connectivity index (χ1v) is 6.73. The lowest BCUT2D eigenvalue weighted by Crippen LogP contribution is -2.34. The lowest BCUT2D eigenvalue weighted by molar-refractivity contribution is -0.121. The molecule has 0 radical (unpaired) electrons. The monoisotopic (exact) mass is 250 g/mol. The Morgan fingerprint density at radius 1 is 1.50 bits per heavy atom. The van der Waals surface area contributed by atoms with E-state index in [0.29, 0.717) is 12.6 Å². The molecule has 0 atom stereocenters. The van der Waals surface area contributed by atoms with Crippen molar-refractivity contribution in [2.75, 3.05) is 11.4 Å². The van der Waals surface area contributed by atoms with Gasteiger partial charge in [-0.1, -0.05) is 13.8 Å². The molecule has 0 spiro atoms. The number of furan rings is 1. The molecule has 1 aliphatic carbocycles. The molecule has 1 heterocycles. The van der Waals surface area contributed by atoms with Gasteiger partial charge in [0.05, 0.1) is 12.0 Å². The number of rotatable bonds is 6. The van der Waals surface area contributed by atoms with Crippen molar-refractivity contribution in [2.45, 2.75) is 46.2 Å². The highest BCUT2D eigenvalue weighted by atomic mass is 16.3. The van der Waals surface area contributed by atoms with Crippen LogP contribution in [0.3, 0.4) is 0 Å². The van der Waals surface area contributed by atoms with Crippen LogP contribution in [0.4, 0.5) is 5.69 Å². The van der Waals surface area contributed by atoms with Gasteiger partial charge in [0.2, 0.25) is 5.91 Å². The highest BCUT2D eigenvalue weighted by Crippen LogP contribution is 2.25. The predicted molar refractivity (Wildman–Crippen MR) is 71.4 cm³/mol. The molecule has 1 N–H and O–H groups in total. The second-order valence-corrected chi connectivity index (χ2v) is 5.17. The van der Waals surface area contributed by atoms with Crippen LogP contribution in [0.25, 0.3) is 0 Å². The Hall–Kier alpha value is -1.29. The first-order chi connectivity index (χ1) is 8.63. The molecule has 2 rings (SSSR count). The van der Waals surface area contributed by atoms with Gasteiger partial charge in [-0.2, -0.15) is 0 Å². The number of amides is 1. The first-order valence-electron chi connectivity index (χ1n) is 6.73. The highest BCUT2D eigenvalue weighted by Gasteiger charge is 2.24. The average molecular weight is 250 g/mol. The minimum Gasteiger partial charge on any atom is -0.470 e. The molecule has 100 valence electrons. The summed E-state index contributed by atoms with van der Waals surface area (Å²) < 4.78 is 5.28. The fourth-order valence-corrected chi connectivity index (χ4v) is 1.98. The van der Waals surface area contributed by atoms with E-state index in [0.717, 1.165) is 17.8 Å². The lowest BCUT2D eigenvalue weighted by atomic mass is 10.1. The summed E-state index contributed by atoms with van der Waals surface area (Å²) in [7, 11) is 0. The zero-order valence-electron chi connectivity index (χ0n) is 11.4. The maximum absolute atomic E-state index is 12.1. The summed E-state index contributed by atoms with van der Waals surface area (Å²) in [6.07, 6.45) is 5.93. The van der Waals surface area contributed by atoms with Crippen molar-refractivity contribution in [1.82, 2.24) is 5.32 Å². The SMILES string of the molecule is CCN(C(=O)C(C)C)c1cocc1CNC1CC1. The average Bonchev–Trinajstić information content (AvgIpc) is 3.07. The zero-order valence-corrected chi connectivity index (χ0v) is 11.4. The van der Waals surface area contributed by atoms with Crippen molar-refractivity contribution in [1.29, 1.82) is 0 Å². The van der Waals surface area contributed by atoms with E-state index in [1.54, 1.807) is 17.4 Å². The Morgan fingerprint density at radius 2 is 2.22 bits per heavy atom. The Balaban J connectivity index is 2.09. The minimum atomic E-state index is 0.00379. The third-order valence-electron chi connectivity index (χ3n) is 3.24. The fraction of sp³-hybridized carbons (Fsp3) is 0.643. The molecule has 1 aliphatic rings. The first kappa shape index (κ1) is 13.1. The van der Waals surface area contributed by atoms with Gasteiger partial charge in [0.15, 0.2) is 0 Å². The van der Waals surface area contributed by atoms with E-state index in [2.05, 4.69) is 5.32 Å². The molecule has 0 saturated heterocycles. The number of nitrogens with zero attached hydrogens (tertiary/aromatic N) is 1. The molecule has 1 aromatic heterocycles. The Bertz CT molecular complexity index is 408. The van der Waals surface area contributed by atoms with Crippen molar-refractivity contribution >= 4 is 11.6 Å². The van der Waals surface area contributed by atoms with Crippen LogP contribution in [0.1, 0.15) is 39.2 Å². The molecule has 0 unspecified atom stereocenters. The summed E-state index contributed by atoms with van der Waals surface area (Å²) in [5.41, 5.74) is 1.97. The Labute approximate surface area is 108 Å². The quantitative estimate of drug-likeness (QED) is 0.844. The number of carbonyl (C=O) groups excluding carboxylic acids is 1. The zero-order chi connectivity index (χ0) is 13.1. The van der Waals surface area contributed by atoms with E-state index in [9.17, 15) is 4.79 Å². The predicted octanol–water partition coefficient (Wildman–Crippen LogP) is 2.54. The van der Waals surface area contributed by atoms with Gasteiger partial charge in [0, 0.05) is 30.6 Å². The second kappa shape index (κ2) is 5.57. The third-order valence-corrected chi connectivity index (χ3v) is 3.24. The van der Waals surface area contributed by atoms with Gasteiger partial charge < -0.3 is 14.6 Å². The molecule has 0 aromatic carbocycles. The highest BCUT2D eigenvalue weighted by molar-refractivity contribution is 5.95. The molecule has 1 amide bonds. The fourth-order valence-electron chi connectivity index (χ4n) is 1.98. The molecule has 4 nitrogen and oxygen atoms in total. The molecule has 0 bridgehead atoms. The van der Waals surface area contributed by atoms with E-state index in [1.807, 2.05) is 20.8 Å². The van der Waals surface area contributed by atoms with Crippen molar-refractivity contribution in [2.24, 2.45) is 5.92 Å². The topological polar surface area (TPSA) is 45.5 Å². The summed E-state index contributed by atoms with van der Waals surface area (Å²) in [5.74, 6) is 0.149. The summed E-state index contributed by atoms with van der Waals surface area (Å²) in [6, 6.07) is 0.656.